The summed E-state index contributed by atoms with van der Waals surface area (Å²) in [5.74, 6) is 5.44. The van der Waals surface area contributed by atoms with Gasteiger partial charge in [0.2, 0.25) is 11.8 Å². The molecule has 1 saturated heterocycles. The van der Waals surface area contributed by atoms with Gasteiger partial charge in [0.25, 0.3) is 0 Å². The summed E-state index contributed by atoms with van der Waals surface area (Å²) in [6, 6.07) is 9.43. The first-order chi connectivity index (χ1) is 10.6. The van der Waals surface area contributed by atoms with Gasteiger partial charge in [-0.1, -0.05) is 30.0 Å². The Kier molecular flexibility index (Phi) is 5.56. The van der Waals surface area contributed by atoms with E-state index in [1.165, 1.54) is 0 Å². The normalized spacial score (nSPS) is 17.3. The van der Waals surface area contributed by atoms with Gasteiger partial charge in [0.1, 0.15) is 0 Å². The number of rotatable bonds is 4. The van der Waals surface area contributed by atoms with E-state index >= 15 is 0 Å². The van der Waals surface area contributed by atoms with Crippen molar-refractivity contribution < 1.29 is 9.59 Å². The molecule has 0 radical (unpaired) electrons. The Hall–Kier alpha value is -2.32. The number of carbonyl (C=O) groups is 2. The molecule has 0 bridgehead atoms. The molecule has 0 spiro atoms. The van der Waals surface area contributed by atoms with Crippen LogP contribution in [0, 0.1) is 17.8 Å². The predicted octanol–water partition coefficient (Wildman–Crippen LogP) is 0.721. The first-order valence-corrected chi connectivity index (χ1v) is 7.31. The second kappa shape index (κ2) is 7.62. The summed E-state index contributed by atoms with van der Waals surface area (Å²) in [4.78, 5) is 27.8. The number of nitrogens with zero attached hydrogens (tertiary/aromatic N) is 2. The summed E-state index contributed by atoms with van der Waals surface area (Å²) in [5.41, 5.74) is 0.841. The molecule has 0 saturated carbocycles. The zero-order valence-corrected chi connectivity index (χ0v) is 13.0. The number of hydrogen-bond donors (Lipinski definition) is 1. The van der Waals surface area contributed by atoms with Crippen LogP contribution >= 0.6 is 0 Å². The van der Waals surface area contributed by atoms with Crippen molar-refractivity contribution in [2.24, 2.45) is 5.92 Å². The molecule has 1 atom stereocenters. The van der Waals surface area contributed by atoms with Crippen LogP contribution in [0.5, 0.6) is 0 Å². The molecule has 22 heavy (non-hydrogen) atoms. The van der Waals surface area contributed by atoms with Crippen LogP contribution in [-0.4, -0.2) is 50.4 Å². The first-order valence-electron chi connectivity index (χ1n) is 7.31. The van der Waals surface area contributed by atoms with Crippen LogP contribution in [-0.2, 0) is 9.59 Å². The molecule has 2 amide bonds. The van der Waals surface area contributed by atoms with Gasteiger partial charge in [-0.15, -0.1) is 0 Å². The van der Waals surface area contributed by atoms with Crippen LogP contribution in [0.15, 0.2) is 30.3 Å². The summed E-state index contributed by atoms with van der Waals surface area (Å²) in [5, 5.41) is 2.78. The molecular weight excluding hydrogens is 278 g/mol. The third-order valence-electron chi connectivity index (χ3n) is 3.43. The van der Waals surface area contributed by atoms with Crippen LogP contribution in [0.4, 0.5) is 5.69 Å². The maximum Gasteiger partial charge on any atom is 0.227 e. The second-order valence-corrected chi connectivity index (χ2v) is 5.55. The van der Waals surface area contributed by atoms with Gasteiger partial charge in [0.15, 0.2) is 0 Å². The van der Waals surface area contributed by atoms with Crippen LogP contribution in [0.25, 0.3) is 0 Å². The Labute approximate surface area is 131 Å². The van der Waals surface area contributed by atoms with Crippen LogP contribution < -0.4 is 10.2 Å². The number of para-hydroxylation sites is 1. The quantitative estimate of drug-likeness (QED) is 0.834. The van der Waals surface area contributed by atoms with Crippen molar-refractivity contribution in [3.8, 4) is 11.8 Å². The molecule has 1 aromatic carbocycles. The molecule has 1 unspecified atom stereocenters. The van der Waals surface area contributed by atoms with Gasteiger partial charge in [0, 0.05) is 18.7 Å². The van der Waals surface area contributed by atoms with E-state index in [9.17, 15) is 9.59 Å². The summed E-state index contributed by atoms with van der Waals surface area (Å²) in [7, 11) is 3.88. The fourth-order valence-corrected chi connectivity index (χ4v) is 2.29. The van der Waals surface area contributed by atoms with Crippen LogP contribution in [0.2, 0.25) is 0 Å². The molecule has 1 heterocycles. The average molecular weight is 299 g/mol. The molecule has 5 heteroatoms. The average Bonchev–Trinajstić information content (AvgIpc) is 2.89. The lowest BCUT2D eigenvalue weighted by Gasteiger charge is -2.16. The van der Waals surface area contributed by atoms with Gasteiger partial charge >= 0.3 is 0 Å². The van der Waals surface area contributed by atoms with Crippen molar-refractivity contribution in [1.82, 2.24) is 10.2 Å². The molecule has 1 N–H and O–H groups in total. The van der Waals surface area contributed by atoms with E-state index in [1.807, 2.05) is 49.3 Å². The molecule has 1 aliphatic rings. The zero-order valence-electron chi connectivity index (χ0n) is 13.0. The van der Waals surface area contributed by atoms with Gasteiger partial charge in [0.05, 0.1) is 19.0 Å². The smallest absolute Gasteiger partial charge is 0.227 e. The van der Waals surface area contributed by atoms with Gasteiger partial charge in [-0.2, -0.15) is 0 Å². The molecule has 2 rings (SSSR count). The van der Waals surface area contributed by atoms with E-state index in [2.05, 4.69) is 17.2 Å². The Morgan fingerprint density at radius 1 is 1.32 bits per heavy atom. The highest BCUT2D eigenvalue weighted by Crippen LogP contribution is 2.24. The first kappa shape index (κ1) is 16.1. The fourth-order valence-electron chi connectivity index (χ4n) is 2.29. The number of anilines is 1. The molecule has 0 aromatic heterocycles. The lowest BCUT2D eigenvalue weighted by Crippen LogP contribution is -2.33. The fraction of sp³-hybridized carbons (Fsp3) is 0.412. The number of hydrogen-bond acceptors (Lipinski definition) is 3. The molecule has 1 fully saturated rings. The number of carbonyl (C=O) groups excluding carboxylic acids is 2. The minimum atomic E-state index is -0.302. The minimum Gasteiger partial charge on any atom is -0.345 e. The van der Waals surface area contributed by atoms with Gasteiger partial charge in [-0.3, -0.25) is 14.5 Å². The van der Waals surface area contributed by atoms with E-state index in [0.717, 1.165) is 5.69 Å². The SMILES string of the molecule is CN(C)CC#CCNC(=O)C1CC(=O)N(c2ccccc2)C1. The standard InChI is InChI=1S/C17H21N3O2/c1-19(2)11-7-6-10-18-17(22)14-12-16(21)20(13-14)15-8-4-3-5-9-15/h3-5,8-9,14H,10-13H2,1-2H3,(H,18,22). The monoisotopic (exact) mass is 299 g/mol. The van der Waals surface area contributed by atoms with E-state index in [1.54, 1.807) is 4.90 Å². The molecule has 5 nitrogen and oxygen atoms in total. The van der Waals surface area contributed by atoms with Crippen LogP contribution in [0.3, 0.4) is 0 Å². The van der Waals surface area contributed by atoms with E-state index in [4.69, 9.17) is 0 Å². The van der Waals surface area contributed by atoms with Crippen molar-refractivity contribution in [2.45, 2.75) is 6.42 Å². The van der Waals surface area contributed by atoms with Gasteiger partial charge in [-0.05, 0) is 26.2 Å². The molecule has 0 aliphatic carbocycles. The second-order valence-electron chi connectivity index (χ2n) is 5.55. The Bertz CT molecular complexity index is 587. The van der Waals surface area contributed by atoms with E-state index in [-0.39, 0.29) is 24.2 Å². The Morgan fingerprint density at radius 3 is 2.73 bits per heavy atom. The van der Waals surface area contributed by atoms with Crippen molar-refractivity contribution in [3.05, 3.63) is 30.3 Å². The van der Waals surface area contributed by atoms with Crippen LogP contribution in [0.1, 0.15) is 6.42 Å². The Balaban J connectivity index is 1.85. The van der Waals surface area contributed by atoms with Gasteiger partial charge < -0.3 is 10.2 Å². The van der Waals surface area contributed by atoms with E-state index in [0.29, 0.717) is 19.6 Å². The third-order valence-corrected chi connectivity index (χ3v) is 3.43. The molecule has 116 valence electrons. The molecule has 1 aliphatic heterocycles. The van der Waals surface area contributed by atoms with Crippen molar-refractivity contribution >= 4 is 17.5 Å². The van der Waals surface area contributed by atoms with Crippen molar-refractivity contribution in [3.63, 3.8) is 0 Å². The highest BCUT2D eigenvalue weighted by atomic mass is 16.2. The highest BCUT2D eigenvalue weighted by molar-refractivity contribution is 6.00. The number of benzene rings is 1. The third kappa shape index (κ3) is 4.34. The number of amides is 2. The molecular formula is C17H21N3O2. The van der Waals surface area contributed by atoms with E-state index < -0.39 is 0 Å². The highest BCUT2D eigenvalue weighted by Gasteiger charge is 2.34. The largest absolute Gasteiger partial charge is 0.345 e. The summed E-state index contributed by atoms with van der Waals surface area (Å²) >= 11 is 0. The maximum absolute atomic E-state index is 12.1. The van der Waals surface area contributed by atoms with Crippen molar-refractivity contribution in [2.75, 3.05) is 38.6 Å². The summed E-state index contributed by atoms with van der Waals surface area (Å²) < 4.78 is 0. The zero-order chi connectivity index (χ0) is 15.9. The predicted molar refractivity (Wildman–Crippen MR) is 86.2 cm³/mol. The topological polar surface area (TPSA) is 52.7 Å². The molecule has 1 aromatic rings. The lowest BCUT2D eigenvalue weighted by atomic mass is 10.1. The summed E-state index contributed by atoms with van der Waals surface area (Å²) in [6.07, 6.45) is 0.256. The van der Waals surface area contributed by atoms with Crippen molar-refractivity contribution in [1.29, 1.82) is 0 Å². The Morgan fingerprint density at radius 2 is 2.05 bits per heavy atom. The van der Waals surface area contributed by atoms with Gasteiger partial charge in [-0.25, -0.2) is 0 Å². The number of nitrogens with one attached hydrogen (secondary N) is 1. The minimum absolute atomic E-state index is 0.00922. The summed E-state index contributed by atoms with van der Waals surface area (Å²) in [6.45, 7) is 1.42. The lowest BCUT2D eigenvalue weighted by molar-refractivity contribution is -0.126. The maximum atomic E-state index is 12.1.